The zero-order valence-corrected chi connectivity index (χ0v) is 11.1. The Hall–Kier alpha value is -1.13. The standard InChI is InChI=1S/C11H11ClFNO3S/c1-3-4-14(2)18(16,17)9-5-8(7-15)11(12)10(13)6-9/h1,5-6,15H,4,7H2,2H3. The van der Waals surface area contributed by atoms with E-state index in [1.165, 1.54) is 7.05 Å². The molecule has 0 bridgehead atoms. The van der Waals surface area contributed by atoms with Crippen LogP contribution in [0, 0.1) is 18.2 Å². The van der Waals surface area contributed by atoms with Crippen LogP contribution in [0.25, 0.3) is 0 Å². The Balaban J connectivity index is 3.35. The van der Waals surface area contributed by atoms with Crippen molar-refractivity contribution in [3.8, 4) is 12.3 Å². The van der Waals surface area contributed by atoms with Crippen LogP contribution in [-0.2, 0) is 16.6 Å². The van der Waals surface area contributed by atoms with Gasteiger partial charge in [-0.25, -0.2) is 12.8 Å². The van der Waals surface area contributed by atoms with Gasteiger partial charge in [0.1, 0.15) is 5.82 Å². The molecule has 0 radical (unpaired) electrons. The highest BCUT2D eigenvalue weighted by molar-refractivity contribution is 7.89. The summed E-state index contributed by atoms with van der Waals surface area (Å²) in [5.74, 6) is 1.27. The quantitative estimate of drug-likeness (QED) is 0.849. The SMILES string of the molecule is C#CCN(C)S(=O)(=O)c1cc(F)c(Cl)c(CO)c1. The first-order valence-corrected chi connectivity index (χ1v) is 6.65. The van der Waals surface area contributed by atoms with E-state index in [0.717, 1.165) is 16.4 Å². The summed E-state index contributed by atoms with van der Waals surface area (Å²) < 4.78 is 38.3. The van der Waals surface area contributed by atoms with Gasteiger partial charge in [-0.05, 0) is 12.1 Å². The van der Waals surface area contributed by atoms with Crippen LogP contribution in [0.5, 0.6) is 0 Å². The van der Waals surface area contributed by atoms with Crippen LogP contribution >= 0.6 is 11.6 Å². The molecule has 1 rings (SSSR count). The molecule has 0 aliphatic heterocycles. The van der Waals surface area contributed by atoms with Gasteiger partial charge in [0.2, 0.25) is 10.0 Å². The van der Waals surface area contributed by atoms with Gasteiger partial charge in [0.05, 0.1) is 23.1 Å². The lowest BCUT2D eigenvalue weighted by atomic mass is 10.2. The maximum Gasteiger partial charge on any atom is 0.243 e. The topological polar surface area (TPSA) is 57.6 Å². The van der Waals surface area contributed by atoms with Gasteiger partial charge in [0.25, 0.3) is 0 Å². The molecule has 18 heavy (non-hydrogen) atoms. The Morgan fingerprint density at radius 3 is 2.67 bits per heavy atom. The second-order valence-corrected chi connectivity index (χ2v) is 5.92. The Bertz CT molecular complexity index is 595. The molecule has 0 aliphatic rings. The zero-order valence-electron chi connectivity index (χ0n) is 9.52. The molecule has 0 saturated heterocycles. The van der Waals surface area contributed by atoms with E-state index in [-0.39, 0.29) is 22.0 Å². The van der Waals surface area contributed by atoms with E-state index in [0.29, 0.717) is 0 Å². The van der Waals surface area contributed by atoms with E-state index in [1.54, 1.807) is 0 Å². The minimum Gasteiger partial charge on any atom is -0.392 e. The summed E-state index contributed by atoms with van der Waals surface area (Å²) in [5, 5.41) is 8.69. The van der Waals surface area contributed by atoms with Gasteiger partial charge in [0.15, 0.2) is 0 Å². The molecule has 1 aromatic carbocycles. The van der Waals surface area contributed by atoms with Crippen LogP contribution in [0.15, 0.2) is 17.0 Å². The zero-order chi connectivity index (χ0) is 13.9. The van der Waals surface area contributed by atoms with Crippen molar-refractivity contribution < 1.29 is 17.9 Å². The number of halogens is 2. The summed E-state index contributed by atoms with van der Waals surface area (Å²) in [6, 6.07) is 1.91. The number of nitrogens with zero attached hydrogens (tertiary/aromatic N) is 1. The Kier molecular flexibility index (Phi) is 4.71. The fourth-order valence-electron chi connectivity index (χ4n) is 1.28. The molecule has 0 aliphatic carbocycles. The number of terminal acetylenes is 1. The van der Waals surface area contributed by atoms with Gasteiger partial charge in [-0.3, -0.25) is 0 Å². The summed E-state index contributed by atoms with van der Waals surface area (Å²) in [5.41, 5.74) is 0.00403. The van der Waals surface area contributed by atoms with E-state index in [9.17, 15) is 12.8 Å². The predicted octanol–water partition coefficient (Wildman–Crippen LogP) is 1.23. The lowest BCUT2D eigenvalue weighted by Gasteiger charge is -2.15. The molecule has 0 saturated carbocycles. The predicted molar refractivity (Wildman–Crippen MR) is 66.0 cm³/mol. The molecule has 1 N–H and O–H groups in total. The lowest BCUT2D eigenvalue weighted by molar-refractivity contribution is 0.281. The summed E-state index contributed by atoms with van der Waals surface area (Å²) in [6.45, 7) is -0.695. The molecular weight excluding hydrogens is 281 g/mol. The summed E-state index contributed by atoms with van der Waals surface area (Å²) in [7, 11) is -2.61. The van der Waals surface area contributed by atoms with Gasteiger partial charge in [-0.1, -0.05) is 17.5 Å². The molecule has 0 unspecified atom stereocenters. The molecule has 0 amide bonds. The fraction of sp³-hybridized carbons (Fsp3) is 0.273. The molecule has 98 valence electrons. The molecule has 0 aromatic heterocycles. The van der Waals surface area contributed by atoms with Gasteiger partial charge in [-0.15, -0.1) is 6.42 Å². The van der Waals surface area contributed by atoms with Crippen LogP contribution in [0.4, 0.5) is 4.39 Å². The van der Waals surface area contributed by atoms with Gasteiger partial charge >= 0.3 is 0 Å². The lowest BCUT2D eigenvalue weighted by Crippen LogP contribution is -2.27. The van der Waals surface area contributed by atoms with Crippen LogP contribution in [0.1, 0.15) is 5.56 Å². The molecule has 0 atom stereocenters. The van der Waals surface area contributed by atoms with Crippen molar-refractivity contribution >= 4 is 21.6 Å². The fourth-order valence-corrected chi connectivity index (χ4v) is 2.59. The largest absolute Gasteiger partial charge is 0.392 e. The molecule has 7 heteroatoms. The Labute approximate surface area is 110 Å². The highest BCUT2D eigenvalue weighted by atomic mass is 35.5. The van der Waals surface area contributed by atoms with Crippen molar-refractivity contribution in [2.24, 2.45) is 0 Å². The number of rotatable bonds is 4. The Morgan fingerprint density at radius 2 is 2.17 bits per heavy atom. The van der Waals surface area contributed by atoms with Crippen LogP contribution < -0.4 is 0 Å². The van der Waals surface area contributed by atoms with E-state index in [2.05, 4.69) is 5.92 Å². The van der Waals surface area contributed by atoms with Crippen molar-refractivity contribution in [3.05, 3.63) is 28.5 Å². The smallest absolute Gasteiger partial charge is 0.243 e. The average Bonchev–Trinajstić information content (AvgIpc) is 2.32. The first kappa shape index (κ1) is 14.9. The summed E-state index contributed by atoms with van der Waals surface area (Å²) in [6.07, 6.45) is 5.02. The van der Waals surface area contributed by atoms with Crippen molar-refractivity contribution in [2.75, 3.05) is 13.6 Å². The first-order valence-electron chi connectivity index (χ1n) is 4.83. The summed E-state index contributed by atoms with van der Waals surface area (Å²) >= 11 is 5.58. The minimum atomic E-state index is -3.89. The second kappa shape index (κ2) is 5.67. The van der Waals surface area contributed by atoms with Gasteiger partial charge in [-0.2, -0.15) is 4.31 Å². The maximum absolute atomic E-state index is 13.4. The van der Waals surface area contributed by atoms with Crippen LogP contribution in [-0.4, -0.2) is 31.4 Å². The highest BCUT2D eigenvalue weighted by Gasteiger charge is 2.22. The molecule has 0 fully saturated rings. The highest BCUT2D eigenvalue weighted by Crippen LogP contribution is 2.25. The van der Waals surface area contributed by atoms with E-state index >= 15 is 0 Å². The number of benzene rings is 1. The number of aliphatic hydroxyl groups excluding tert-OH is 1. The normalized spacial score (nSPS) is 11.6. The van der Waals surface area contributed by atoms with Gasteiger partial charge in [0, 0.05) is 12.6 Å². The number of sulfonamides is 1. The third kappa shape index (κ3) is 2.82. The Morgan fingerprint density at radius 1 is 1.56 bits per heavy atom. The second-order valence-electron chi connectivity index (χ2n) is 3.50. The van der Waals surface area contributed by atoms with E-state index in [4.69, 9.17) is 23.1 Å². The molecule has 1 aromatic rings. The third-order valence-corrected chi connectivity index (χ3v) is 4.47. The van der Waals surface area contributed by atoms with Crippen molar-refractivity contribution in [1.82, 2.24) is 4.31 Å². The monoisotopic (exact) mass is 291 g/mol. The molecule has 0 spiro atoms. The first-order chi connectivity index (χ1) is 8.34. The van der Waals surface area contributed by atoms with Crippen LogP contribution in [0.2, 0.25) is 5.02 Å². The number of aliphatic hydroxyl groups is 1. The minimum absolute atomic E-state index is 0.00403. The number of hydrogen-bond acceptors (Lipinski definition) is 3. The molecular formula is C11H11ClFNO3S. The van der Waals surface area contributed by atoms with Crippen LogP contribution in [0.3, 0.4) is 0 Å². The maximum atomic E-state index is 13.4. The number of hydrogen-bond donors (Lipinski definition) is 1. The van der Waals surface area contributed by atoms with Crippen molar-refractivity contribution in [3.63, 3.8) is 0 Å². The van der Waals surface area contributed by atoms with Crippen molar-refractivity contribution in [2.45, 2.75) is 11.5 Å². The van der Waals surface area contributed by atoms with E-state index in [1.807, 2.05) is 0 Å². The summed E-state index contributed by atoms with van der Waals surface area (Å²) in [4.78, 5) is -0.300. The van der Waals surface area contributed by atoms with E-state index < -0.39 is 22.4 Å². The average molecular weight is 292 g/mol. The third-order valence-electron chi connectivity index (χ3n) is 2.27. The van der Waals surface area contributed by atoms with Crippen molar-refractivity contribution in [1.29, 1.82) is 0 Å². The molecule has 4 nitrogen and oxygen atoms in total. The molecule has 0 heterocycles. The van der Waals surface area contributed by atoms with Gasteiger partial charge < -0.3 is 5.11 Å².